The number of rotatable bonds is 10. The SMILES string of the molecule is Clc1ccc(COc2ccc(Br)cc2CNCCSc2nnnn2-c2ccccc2)c(Cl)c1. The molecular weight excluding hydrogens is 545 g/mol. The monoisotopic (exact) mass is 563 g/mol. The van der Waals surface area contributed by atoms with E-state index in [9.17, 15) is 0 Å². The Morgan fingerprint density at radius 2 is 1.85 bits per heavy atom. The van der Waals surface area contributed by atoms with Crippen molar-refractivity contribution < 1.29 is 4.74 Å². The van der Waals surface area contributed by atoms with Crippen LogP contribution in [0.2, 0.25) is 10.0 Å². The zero-order valence-corrected chi connectivity index (χ0v) is 21.3. The predicted octanol–water partition coefficient (Wildman–Crippen LogP) is 6.19. The van der Waals surface area contributed by atoms with Gasteiger partial charge >= 0.3 is 0 Å². The highest BCUT2D eigenvalue weighted by molar-refractivity contribution is 9.10. The van der Waals surface area contributed by atoms with Gasteiger partial charge in [-0.3, -0.25) is 0 Å². The van der Waals surface area contributed by atoms with Crippen molar-refractivity contribution in [2.24, 2.45) is 0 Å². The summed E-state index contributed by atoms with van der Waals surface area (Å²) in [6, 6.07) is 21.2. The lowest BCUT2D eigenvalue weighted by molar-refractivity contribution is 0.302. The third-order valence-electron chi connectivity index (χ3n) is 4.69. The fraction of sp³-hybridized carbons (Fsp3) is 0.174. The maximum absolute atomic E-state index is 6.27. The predicted molar refractivity (Wildman–Crippen MR) is 137 cm³/mol. The van der Waals surface area contributed by atoms with Gasteiger partial charge in [0.15, 0.2) is 0 Å². The first-order valence-corrected chi connectivity index (χ1v) is 12.7. The van der Waals surface area contributed by atoms with E-state index in [1.165, 1.54) is 0 Å². The van der Waals surface area contributed by atoms with E-state index in [4.69, 9.17) is 27.9 Å². The van der Waals surface area contributed by atoms with Gasteiger partial charge in [0.05, 0.1) is 5.69 Å². The van der Waals surface area contributed by atoms with Crippen molar-refractivity contribution in [2.45, 2.75) is 18.3 Å². The van der Waals surface area contributed by atoms with Crippen LogP contribution in [0.5, 0.6) is 5.75 Å². The van der Waals surface area contributed by atoms with Crippen LogP contribution in [0.3, 0.4) is 0 Å². The first-order chi connectivity index (χ1) is 16.1. The molecular formula is C23H20BrCl2N5OS. The number of para-hydroxylation sites is 1. The number of aromatic nitrogens is 4. The Bertz CT molecular complexity index is 1210. The van der Waals surface area contributed by atoms with E-state index in [2.05, 4.69) is 42.8 Å². The maximum Gasteiger partial charge on any atom is 0.214 e. The molecule has 33 heavy (non-hydrogen) atoms. The summed E-state index contributed by atoms with van der Waals surface area (Å²) in [5, 5.41) is 17.4. The molecule has 170 valence electrons. The van der Waals surface area contributed by atoms with Gasteiger partial charge in [-0.25, -0.2) is 0 Å². The molecule has 1 heterocycles. The van der Waals surface area contributed by atoms with Gasteiger partial charge < -0.3 is 10.1 Å². The molecule has 0 aliphatic heterocycles. The molecule has 0 saturated carbocycles. The molecule has 0 atom stereocenters. The highest BCUT2D eigenvalue weighted by Gasteiger charge is 2.10. The summed E-state index contributed by atoms with van der Waals surface area (Å²) in [5.41, 5.74) is 2.87. The summed E-state index contributed by atoms with van der Waals surface area (Å²) >= 11 is 17.4. The van der Waals surface area contributed by atoms with Crippen LogP contribution in [0.4, 0.5) is 0 Å². The van der Waals surface area contributed by atoms with Gasteiger partial charge in [-0.1, -0.05) is 75.2 Å². The van der Waals surface area contributed by atoms with Crippen molar-refractivity contribution in [2.75, 3.05) is 12.3 Å². The topological polar surface area (TPSA) is 64.9 Å². The van der Waals surface area contributed by atoms with Crippen LogP contribution in [-0.4, -0.2) is 32.5 Å². The normalized spacial score (nSPS) is 11.0. The van der Waals surface area contributed by atoms with Gasteiger partial charge in [-0.05, 0) is 52.9 Å². The number of benzene rings is 3. The summed E-state index contributed by atoms with van der Waals surface area (Å²) < 4.78 is 8.79. The van der Waals surface area contributed by atoms with E-state index in [0.29, 0.717) is 23.2 Å². The minimum atomic E-state index is 0.364. The number of ether oxygens (including phenoxy) is 1. The number of hydrogen-bond donors (Lipinski definition) is 1. The van der Waals surface area contributed by atoms with Crippen molar-refractivity contribution in [3.63, 3.8) is 0 Å². The second-order valence-electron chi connectivity index (χ2n) is 7.01. The molecule has 0 bridgehead atoms. The zero-order chi connectivity index (χ0) is 23.0. The van der Waals surface area contributed by atoms with Gasteiger partial charge in [0.1, 0.15) is 12.4 Å². The number of halogens is 3. The first kappa shape index (κ1) is 24.0. The van der Waals surface area contributed by atoms with Crippen LogP contribution < -0.4 is 10.1 Å². The molecule has 0 fully saturated rings. The Kier molecular flexibility index (Phi) is 8.63. The molecule has 0 amide bonds. The van der Waals surface area contributed by atoms with Gasteiger partial charge in [-0.2, -0.15) is 4.68 Å². The van der Waals surface area contributed by atoms with Crippen LogP contribution in [0.25, 0.3) is 5.69 Å². The van der Waals surface area contributed by atoms with E-state index in [1.807, 2.05) is 54.6 Å². The Hall–Kier alpha value is -2.10. The smallest absolute Gasteiger partial charge is 0.214 e. The Labute approximate surface area is 214 Å². The number of nitrogens with one attached hydrogen (secondary N) is 1. The molecule has 0 spiro atoms. The number of nitrogens with zero attached hydrogens (tertiary/aromatic N) is 4. The average molecular weight is 565 g/mol. The lowest BCUT2D eigenvalue weighted by atomic mass is 10.2. The number of thioether (sulfide) groups is 1. The van der Waals surface area contributed by atoms with Crippen LogP contribution in [0, 0.1) is 0 Å². The first-order valence-electron chi connectivity index (χ1n) is 10.1. The molecule has 4 rings (SSSR count). The summed E-state index contributed by atoms with van der Waals surface area (Å²) in [7, 11) is 0. The number of tetrazole rings is 1. The molecule has 0 saturated heterocycles. The summed E-state index contributed by atoms with van der Waals surface area (Å²) in [6.45, 7) is 1.80. The second kappa shape index (κ2) is 11.9. The van der Waals surface area contributed by atoms with Gasteiger partial charge in [-0.15, -0.1) is 5.10 Å². The molecule has 1 N–H and O–H groups in total. The van der Waals surface area contributed by atoms with Crippen LogP contribution in [0.1, 0.15) is 11.1 Å². The number of hydrogen-bond acceptors (Lipinski definition) is 6. The van der Waals surface area contributed by atoms with Gasteiger partial charge in [0.25, 0.3) is 0 Å². The summed E-state index contributed by atoms with van der Waals surface area (Å²) in [6.07, 6.45) is 0. The molecule has 10 heteroatoms. The van der Waals surface area contributed by atoms with Crippen LogP contribution >= 0.6 is 50.9 Å². The molecule has 6 nitrogen and oxygen atoms in total. The molecule has 0 radical (unpaired) electrons. The second-order valence-corrected chi connectivity index (χ2v) is 9.83. The van der Waals surface area contributed by atoms with Gasteiger partial charge in [0.2, 0.25) is 5.16 Å². The van der Waals surface area contributed by atoms with E-state index in [-0.39, 0.29) is 0 Å². The minimum absolute atomic E-state index is 0.364. The average Bonchev–Trinajstić information content (AvgIpc) is 3.28. The third kappa shape index (κ3) is 6.71. The van der Waals surface area contributed by atoms with Crippen molar-refractivity contribution >= 4 is 50.9 Å². The molecule has 0 unspecified atom stereocenters. The quantitative estimate of drug-likeness (QED) is 0.183. The van der Waals surface area contributed by atoms with E-state index < -0.39 is 0 Å². The van der Waals surface area contributed by atoms with E-state index in [0.717, 1.165) is 44.5 Å². The van der Waals surface area contributed by atoms with Crippen molar-refractivity contribution in [1.82, 2.24) is 25.5 Å². The molecule has 0 aliphatic carbocycles. The Morgan fingerprint density at radius 1 is 1.00 bits per heavy atom. The Balaban J connectivity index is 1.30. The van der Waals surface area contributed by atoms with Crippen molar-refractivity contribution in [3.05, 3.63) is 92.4 Å². The fourth-order valence-electron chi connectivity index (χ4n) is 3.06. The largest absolute Gasteiger partial charge is 0.489 e. The van der Waals surface area contributed by atoms with Gasteiger partial charge in [0, 0.05) is 44.5 Å². The molecule has 4 aromatic rings. The highest BCUT2D eigenvalue weighted by Crippen LogP contribution is 2.27. The standard InChI is InChI=1S/C23H20BrCl2N5OS/c24-18-7-9-22(32-15-16-6-8-19(25)13-21(16)26)17(12-18)14-27-10-11-33-23-28-29-30-31(23)20-4-2-1-3-5-20/h1-9,12-13,27H,10-11,14-15H2. The van der Waals surface area contributed by atoms with E-state index >= 15 is 0 Å². The summed E-state index contributed by atoms with van der Waals surface area (Å²) in [4.78, 5) is 0. The van der Waals surface area contributed by atoms with Crippen molar-refractivity contribution in [3.8, 4) is 11.4 Å². The van der Waals surface area contributed by atoms with Crippen molar-refractivity contribution in [1.29, 1.82) is 0 Å². The Morgan fingerprint density at radius 3 is 2.67 bits per heavy atom. The molecule has 1 aromatic heterocycles. The third-order valence-corrected chi connectivity index (χ3v) is 6.69. The lowest BCUT2D eigenvalue weighted by Gasteiger charge is -2.14. The highest BCUT2D eigenvalue weighted by atomic mass is 79.9. The summed E-state index contributed by atoms with van der Waals surface area (Å²) in [5.74, 6) is 1.62. The zero-order valence-electron chi connectivity index (χ0n) is 17.4. The fourth-order valence-corrected chi connectivity index (χ4v) is 4.72. The minimum Gasteiger partial charge on any atom is -0.489 e. The molecule has 0 aliphatic rings. The van der Waals surface area contributed by atoms with Crippen LogP contribution in [-0.2, 0) is 13.2 Å². The van der Waals surface area contributed by atoms with Crippen LogP contribution in [0.15, 0.2) is 76.4 Å². The molecule has 3 aromatic carbocycles. The van der Waals surface area contributed by atoms with E-state index in [1.54, 1.807) is 22.5 Å². The lowest BCUT2D eigenvalue weighted by Crippen LogP contribution is -2.17. The maximum atomic E-state index is 6.27.